The number of aromatic nitrogens is 1. The highest BCUT2D eigenvalue weighted by Gasteiger charge is 2.43. The van der Waals surface area contributed by atoms with E-state index in [0.29, 0.717) is 27.9 Å². The van der Waals surface area contributed by atoms with Crippen molar-refractivity contribution in [2.24, 2.45) is 4.99 Å². The maximum atomic E-state index is 13.6. The quantitative estimate of drug-likeness (QED) is 0.601. The fraction of sp³-hybridized carbons (Fsp3) is 0.0417. The Labute approximate surface area is 192 Å². The number of thioether (sulfide) groups is 1. The van der Waals surface area contributed by atoms with E-state index in [9.17, 15) is 19.5 Å². The van der Waals surface area contributed by atoms with Crippen LogP contribution in [0.15, 0.2) is 88.9 Å². The van der Waals surface area contributed by atoms with E-state index in [1.165, 1.54) is 9.80 Å². The molecule has 0 spiro atoms. The first kappa shape index (κ1) is 20.7. The fourth-order valence-corrected chi connectivity index (χ4v) is 4.79. The Bertz CT molecular complexity index is 1340. The first-order valence-electron chi connectivity index (χ1n) is 9.99. The van der Waals surface area contributed by atoms with Gasteiger partial charge in [0.25, 0.3) is 11.8 Å². The van der Waals surface area contributed by atoms with Gasteiger partial charge in [0.1, 0.15) is 6.54 Å². The van der Waals surface area contributed by atoms with Crippen molar-refractivity contribution in [2.45, 2.75) is 0 Å². The van der Waals surface area contributed by atoms with Crippen LogP contribution in [0.25, 0.3) is 5.57 Å². The number of amidine groups is 1. The number of rotatable bonds is 4. The number of hydrogen-bond donors (Lipinski definition) is 1. The predicted molar refractivity (Wildman–Crippen MR) is 126 cm³/mol. The monoisotopic (exact) mass is 456 g/mol. The van der Waals surface area contributed by atoms with Gasteiger partial charge in [0, 0.05) is 11.8 Å². The van der Waals surface area contributed by atoms with E-state index < -0.39 is 24.3 Å². The van der Waals surface area contributed by atoms with Crippen LogP contribution in [0.3, 0.4) is 0 Å². The van der Waals surface area contributed by atoms with E-state index in [1.807, 2.05) is 6.07 Å². The maximum Gasteiger partial charge on any atom is 0.323 e. The molecular weight excluding hydrogens is 440 g/mol. The third-order valence-electron chi connectivity index (χ3n) is 5.10. The molecule has 2 aliphatic rings. The molecule has 0 radical (unpaired) electrons. The Balaban J connectivity index is 1.67. The second kappa shape index (κ2) is 8.36. The Kier molecular flexibility index (Phi) is 5.23. The molecule has 3 aromatic rings. The standard InChI is InChI=1S/C24H16N4O4S/c29-19(30)14-27-17-11-5-4-10-16(17)20(22(27)31)21-23(32)28(15-8-2-1-3-9-15)24(33-21)26-18-12-6-7-13-25-18/h1-13H,14H2,(H,29,30)/b21-20-,26-24+. The summed E-state index contributed by atoms with van der Waals surface area (Å²) in [7, 11) is 0. The average Bonchev–Trinajstić information content (AvgIpc) is 3.28. The predicted octanol–water partition coefficient (Wildman–Crippen LogP) is 3.69. The molecule has 0 unspecified atom stereocenters. The molecule has 1 saturated heterocycles. The lowest BCUT2D eigenvalue weighted by Crippen LogP contribution is -2.33. The summed E-state index contributed by atoms with van der Waals surface area (Å²) in [4.78, 5) is 49.9. The number of carboxylic acids is 1. The second-order valence-electron chi connectivity index (χ2n) is 7.17. The van der Waals surface area contributed by atoms with E-state index in [2.05, 4.69) is 9.98 Å². The van der Waals surface area contributed by atoms with Gasteiger partial charge in [-0.25, -0.2) is 9.98 Å². The topological polar surface area (TPSA) is 103 Å². The third-order valence-corrected chi connectivity index (χ3v) is 6.14. The zero-order chi connectivity index (χ0) is 22.9. The highest BCUT2D eigenvalue weighted by Crippen LogP contribution is 2.45. The first-order chi connectivity index (χ1) is 16.0. The van der Waals surface area contributed by atoms with E-state index >= 15 is 0 Å². The third kappa shape index (κ3) is 3.68. The van der Waals surface area contributed by atoms with Crippen LogP contribution in [0.5, 0.6) is 0 Å². The van der Waals surface area contributed by atoms with Crippen LogP contribution in [0.4, 0.5) is 17.2 Å². The molecule has 1 N–H and O–H groups in total. The molecule has 33 heavy (non-hydrogen) atoms. The molecule has 5 rings (SSSR count). The minimum absolute atomic E-state index is 0.175. The van der Waals surface area contributed by atoms with Crippen molar-refractivity contribution in [1.29, 1.82) is 0 Å². The Morgan fingerprint density at radius 1 is 0.939 bits per heavy atom. The summed E-state index contributed by atoms with van der Waals surface area (Å²) in [6, 6.07) is 21.2. The van der Waals surface area contributed by atoms with Gasteiger partial charge in [0.2, 0.25) is 0 Å². The summed E-state index contributed by atoms with van der Waals surface area (Å²) in [5.74, 6) is -1.65. The van der Waals surface area contributed by atoms with E-state index in [4.69, 9.17) is 0 Å². The van der Waals surface area contributed by atoms with Crippen molar-refractivity contribution >= 4 is 57.5 Å². The minimum Gasteiger partial charge on any atom is -0.480 e. The number of fused-ring (bicyclic) bond motifs is 1. The summed E-state index contributed by atoms with van der Waals surface area (Å²) in [5.41, 5.74) is 1.75. The second-order valence-corrected chi connectivity index (χ2v) is 8.14. The molecule has 3 heterocycles. The van der Waals surface area contributed by atoms with Gasteiger partial charge in [-0.1, -0.05) is 42.5 Å². The molecule has 1 aromatic heterocycles. The number of aliphatic imine (C=N–C) groups is 1. The first-order valence-corrected chi connectivity index (χ1v) is 10.8. The Hall–Kier alpha value is -4.24. The number of carbonyl (C=O) groups is 3. The van der Waals surface area contributed by atoms with Crippen molar-refractivity contribution in [3.63, 3.8) is 0 Å². The Morgan fingerprint density at radius 3 is 2.39 bits per heavy atom. The normalized spacial score (nSPS) is 18.8. The summed E-state index contributed by atoms with van der Waals surface area (Å²) < 4.78 is 0. The highest BCUT2D eigenvalue weighted by atomic mass is 32.2. The molecule has 9 heteroatoms. The molecule has 0 atom stereocenters. The van der Waals surface area contributed by atoms with Crippen LogP contribution >= 0.6 is 11.8 Å². The molecule has 2 aliphatic heterocycles. The van der Waals surface area contributed by atoms with Crippen molar-refractivity contribution in [3.05, 3.63) is 89.5 Å². The summed E-state index contributed by atoms with van der Waals surface area (Å²) in [6.07, 6.45) is 1.60. The number of para-hydroxylation sites is 2. The van der Waals surface area contributed by atoms with Crippen molar-refractivity contribution in [2.75, 3.05) is 16.3 Å². The van der Waals surface area contributed by atoms with Gasteiger partial charge >= 0.3 is 5.97 Å². The molecule has 1 fully saturated rings. The maximum absolute atomic E-state index is 13.6. The van der Waals surface area contributed by atoms with Crippen molar-refractivity contribution in [3.8, 4) is 0 Å². The van der Waals surface area contributed by atoms with Crippen LogP contribution in [0.2, 0.25) is 0 Å². The van der Waals surface area contributed by atoms with E-state index in [0.717, 1.165) is 11.8 Å². The number of aliphatic carboxylic acids is 1. The van der Waals surface area contributed by atoms with Crippen LogP contribution in [-0.4, -0.2) is 39.6 Å². The van der Waals surface area contributed by atoms with Crippen molar-refractivity contribution in [1.82, 2.24) is 4.98 Å². The number of benzene rings is 2. The zero-order valence-electron chi connectivity index (χ0n) is 17.1. The van der Waals surface area contributed by atoms with Crippen LogP contribution in [0.1, 0.15) is 5.56 Å². The number of hydrogen-bond acceptors (Lipinski definition) is 6. The lowest BCUT2D eigenvalue weighted by molar-refractivity contribution is -0.136. The van der Waals surface area contributed by atoms with E-state index in [1.54, 1.807) is 72.9 Å². The number of nitrogens with zero attached hydrogens (tertiary/aromatic N) is 4. The number of amides is 2. The van der Waals surface area contributed by atoms with Gasteiger partial charge < -0.3 is 5.11 Å². The average molecular weight is 456 g/mol. The molecule has 162 valence electrons. The van der Waals surface area contributed by atoms with Crippen LogP contribution < -0.4 is 9.80 Å². The molecule has 0 saturated carbocycles. The number of carboxylic acid groups (broad SMARTS) is 1. The largest absolute Gasteiger partial charge is 0.480 e. The van der Waals surface area contributed by atoms with Gasteiger partial charge in [0.15, 0.2) is 11.0 Å². The Morgan fingerprint density at radius 2 is 1.67 bits per heavy atom. The molecule has 0 aliphatic carbocycles. The van der Waals surface area contributed by atoms with Gasteiger partial charge in [-0.05, 0) is 42.1 Å². The fourth-order valence-electron chi connectivity index (χ4n) is 3.71. The summed E-state index contributed by atoms with van der Waals surface area (Å²) >= 11 is 1.07. The highest BCUT2D eigenvalue weighted by molar-refractivity contribution is 8.19. The van der Waals surface area contributed by atoms with Gasteiger partial charge in [-0.2, -0.15) is 0 Å². The zero-order valence-corrected chi connectivity index (χ0v) is 17.9. The number of pyridine rings is 1. The van der Waals surface area contributed by atoms with Crippen LogP contribution in [0, 0.1) is 0 Å². The van der Waals surface area contributed by atoms with Gasteiger partial charge in [-0.3, -0.25) is 24.2 Å². The molecular formula is C24H16N4O4S. The molecule has 2 amide bonds. The number of carbonyl (C=O) groups excluding carboxylic acids is 2. The smallest absolute Gasteiger partial charge is 0.323 e. The number of anilines is 2. The van der Waals surface area contributed by atoms with Crippen LogP contribution in [-0.2, 0) is 14.4 Å². The SMILES string of the molecule is O=C(O)CN1C(=O)/C(=C2\S/C(=N/c3ccccn3)N(c3ccccc3)C2=O)c2ccccc21. The molecule has 0 bridgehead atoms. The van der Waals surface area contributed by atoms with Crippen molar-refractivity contribution < 1.29 is 19.5 Å². The molecule has 2 aromatic carbocycles. The lowest BCUT2D eigenvalue weighted by atomic mass is 10.1. The lowest BCUT2D eigenvalue weighted by Gasteiger charge is -2.15. The minimum atomic E-state index is -1.14. The summed E-state index contributed by atoms with van der Waals surface area (Å²) in [5, 5.41) is 9.66. The van der Waals surface area contributed by atoms with E-state index in [-0.39, 0.29) is 10.5 Å². The van der Waals surface area contributed by atoms with Gasteiger partial charge in [-0.15, -0.1) is 0 Å². The van der Waals surface area contributed by atoms with Gasteiger partial charge in [0.05, 0.1) is 21.9 Å². The molecule has 8 nitrogen and oxygen atoms in total. The summed E-state index contributed by atoms with van der Waals surface area (Å²) in [6.45, 7) is -0.497.